The minimum atomic E-state index is -0.861. The largest absolute Gasteiger partial charge is 0.480 e. The quantitative estimate of drug-likeness (QED) is 0.808. The lowest BCUT2D eigenvalue weighted by Crippen LogP contribution is -2.42. The third kappa shape index (κ3) is 2.37. The summed E-state index contributed by atoms with van der Waals surface area (Å²) < 4.78 is 5.21. The van der Waals surface area contributed by atoms with Crippen LogP contribution in [0.2, 0.25) is 0 Å². The molecular weight excluding hydrogens is 208 g/mol. The first kappa shape index (κ1) is 11.0. The fourth-order valence-electron chi connectivity index (χ4n) is 1.84. The van der Waals surface area contributed by atoms with Crippen LogP contribution in [0.5, 0.6) is 0 Å². The first-order chi connectivity index (χ1) is 7.79. The van der Waals surface area contributed by atoms with Crippen molar-refractivity contribution in [3.63, 3.8) is 0 Å². The molecule has 0 radical (unpaired) electrons. The van der Waals surface area contributed by atoms with E-state index in [1.807, 2.05) is 4.90 Å². The number of morpholine rings is 1. The summed E-state index contributed by atoms with van der Waals surface area (Å²) in [5, 5.41) is 9.26. The van der Waals surface area contributed by atoms with Crippen molar-refractivity contribution >= 4 is 5.97 Å². The smallest absolute Gasteiger partial charge is 0.327 e. The molecule has 1 aromatic heterocycles. The van der Waals surface area contributed by atoms with E-state index in [2.05, 4.69) is 4.98 Å². The van der Waals surface area contributed by atoms with Crippen LogP contribution >= 0.6 is 0 Å². The van der Waals surface area contributed by atoms with Crippen LogP contribution in [0.3, 0.4) is 0 Å². The molecule has 0 bridgehead atoms. The van der Waals surface area contributed by atoms with E-state index in [0.717, 1.165) is 0 Å². The fourth-order valence-corrected chi connectivity index (χ4v) is 1.84. The van der Waals surface area contributed by atoms with E-state index in [4.69, 9.17) is 4.74 Å². The van der Waals surface area contributed by atoms with Crippen LogP contribution in [0.15, 0.2) is 24.4 Å². The molecule has 1 fully saturated rings. The van der Waals surface area contributed by atoms with Crippen molar-refractivity contribution in [2.24, 2.45) is 0 Å². The minimum Gasteiger partial charge on any atom is -0.480 e. The van der Waals surface area contributed by atoms with Gasteiger partial charge >= 0.3 is 5.97 Å². The van der Waals surface area contributed by atoms with Crippen molar-refractivity contribution in [3.05, 3.63) is 30.1 Å². The topological polar surface area (TPSA) is 62.7 Å². The number of pyridine rings is 1. The average Bonchev–Trinajstić information content (AvgIpc) is 2.31. The Morgan fingerprint density at radius 3 is 2.75 bits per heavy atom. The molecule has 1 aliphatic rings. The van der Waals surface area contributed by atoms with Gasteiger partial charge in [0.2, 0.25) is 0 Å². The van der Waals surface area contributed by atoms with Crippen LogP contribution in [0.1, 0.15) is 11.7 Å². The molecule has 1 aliphatic heterocycles. The maximum Gasteiger partial charge on any atom is 0.327 e. The van der Waals surface area contributed by atoms with E-state index in [9.17, 15) is 9.90 Å². The number of aromatic nitrogens is 1. The van der Waals surface area contributed by atoms with E-state index in [-0.39, 0.29) is 0 Å². The molecule has 5 nitrogen and oxygen atoms in total. The van der Waals surface area contributed by atoms with Gasteiger partial charge < -0.3 is 9.84 Å². The van der Waals surface area contributed by atoms with Gasteiger partial charge in [-0.3, -0.25) is 14.7 Å². The molecule has 16 heavy (non-hydrogen) atoms. The van der Waals surface area contributed by atoms with E-state index < -0.39 is 12.0 Å². The predicted molar refractivity (Wildman–Crippen MR) is 57.0 cm³/mol. The molecule has 2 rings (SSSR count). The summed E-state index contributed by atoms with van der Waals surface area (Å²) in [5.74, 6) is -0.861. The molecule has 0 saturated carbocycles. The SMILES string of the molecule is O=C(O)[C@@H](c1ccccn1)N1CCOCC1. The standard InChI is InChI=1S/C11H14N2O3/c14-11(15)10(9-3-1-2-4-12-9)13-5-7-16-8-6-13/h1-4,10H,5-8H2,(H,14,15)/t10-/m1/s1. The lowest BCUT2D eigenvalue weighted by atomic mass is 10.1. The molecule has 1 N–H and O–H groups in total. The molecule has 0 aliphatic carbocycles. The van der Waals surface area contributed by atoms with E-state index in [1.54, 1.807) is 24.4 Å². The summed E-state index contributed by atoms with van der Waals surface area (Å²) in [5.41, 5.74) is 0.580. The Kier molecular flexibility index (Phi) is 3.48. The molecular formula is C11H14N2O3. The second-order valence-corrected chi connectivity index (χ2v) is 3.64. The van der Waals surface area contributed by atoms with Gasteiger partial charge in [0.1, 0.15) is 0 Å². The maximum absolute atomic E-state index is 11.3. The van der Waals surface area contributed by atoms with Gasteiger partial charge in [-0.1, -0.05) is 6.07 Å². The Labute approximate surface area is 93.7 Å². The van der Waals surface area contributed by atoms with Gasteiger partial charge in [0.25, 0.3) is 0 Å². The third-order valence-electron chi connectivity index (χ3n) is 2.61. The summed E-state index contributed by atoms with van der Waals surface area (Å²) in [6, 6.07) is 4.67. The highest BCUT2D eigenvalue weighted by Crippen LogP contribution is 2.19. The van der Waals surface area contributed by atoms with Gasteiger partial charge in [-0.05, 0) is 12.1 Å². The molecule has 0 amide bonds. The van der Waals surface area contributed by atoms with Crippen molar-refractivity contribution in [1.82, 2.24) is 9.88 Å². The van der Waals surface area contributed by atoms with Gasteiger partial charge in [-0.2, -0.15) is 0 Å². The lowest BCUT2D eigenvalue weighted by molar-refractivity contribution is -0.145. The number of aliphatic carboxylic acids is 1. The Bertz CT molecular complexity index is 350. The number of carbonyl (C=O) groups is 1. The van der Waals surface area contributed by atoms with Gasteiger partial charge in [0, 0.05) is 19.3 Å². The molecule has 5 heteroatoms. The van der Waals surface area contributed by atoms with Gasteiger partial charge in [0.05, 0.1) is 18.9 Å². The number of ether oxygens (including phenoxy) is 1. The van der Waals surface area contributed by atoms with Gasteiger partial charge in [-0.25, -0.2) is 0 Å². The fraction of sp³-hybridized carbons (Fsp3) is 0.455. The van der Waals surface area contributed by atoms with Crippen LogP contribution in [-0.4, -0.2) is 47.3 Å². The van der Waals surface area contributed by atoms with Crippen molar-refractivity contribution in [3.8, 4) is 0 Å². The number of hydrogen-bond acceptors (Lipinski definition) is 4. The predicted octanol–water partition coefficient (Wildman–Crippen LogP) is 0.540. The van der Waals surface area contributed by atoms with Crippen molar-refractivity contribution < 1.29 is 14.6 Å². The molecule has 86 valence electrons. The first-order valence-electron chi connectivity index (χ1n) is 5.24. The number of carboxylic acid groups (broad SMARTS) is 1. The highest BCUT2D eigenvalue weighted by atomic mass is 16.5. The summed E-state index contributed by atoms with van der Waals surface area (Å²) in [6.07, 6.45) is 1.62. The summed E-state index contributed by atoms with van der Waals surface area (Å²) in [4.78, 5) is 17.3. The molecule has 0 aromatic carbocycles. The van der Waals surface area contributed by atoms with Crippen LogP contribution in [0.4, 0.5) is 0 Å². The zero-order valence-corrected chi connectivity index (χ0v) is 8.87. The van der Waals surface area contributed by atoms with E-state index in [0.29, 0.717) is 32.0 Å². The Hall–Kier alpha value is -1.46. The highest BCUT2D eigenvalue weighted by molar-refractivity contribution is 5.74. The van der Waals surface area contributed by atoms with Gasteiger partial charge in [0.15, 0.2) is 6.04 Å². The molecule has 0 spiro atoms. The zero-order chi connectivity index (χ0) is 11.4. The monoisotopic (exact) mass is 222 g/mol. The number of carboxylic acids is 1. The van der Waals surface area contributed by atoms with E-state index in [1.165, 1.54) is 0 Å². The Morgan fingerprint density at radius 2 is 2.19 bits per heavy atom. The van der Waals surface area contributed by atoms with Crippen molar-refractivity contribution in [1.29, 1.82) is 0 Å². The number of rotatable bonds is 3. The number of nitrogens with zero attached hydrogens (tertiary/aromatic N) is 2. The number of hydrogen-bond donors (Lipinski definition) is 1. The summed E-state index contributed by atoms with van der Waals surface area (Å²) in [7, 11) is 0. The zero-order valence-electron chi connectivity index (χ0n) is 8.87. The summed E-state index contributed by atoms with van der Waals surface area (Å²) in [6.45, 7) is 2.42. The molecule has 0 unspecified atom stereocenters. The van der Waals surface area contributed by atoms with Crippen LogP contribution in [0, 0.1) is 0 Å². The molecule has 1 atom stereocenters. The highest BCUT2D eigenvalue weighted by Gasteiger charge is 2.29. The normalized spacial score (nSPS) is 19.2. The van der Waals surface area contributed by atoms with Crippen LogP contribution < -0.4 is 0 Å². The van der Waals surface area contributed by atoms with Crippen molar-refractivity contribution in [2.45, 2.75) is 6.04 Å². The van der Waals surface area contributed by atoms with Crippen molar-refractivity contribution in [2.75, 3.05) is 26.3 Å². The van der Waals surface area contributed by atoms with E-state index >= 15 is 0 Å². The third-order valence-corrected chi connectivity index (χ3v) is 2.61. The second kappa shape index (κ2) is 5.05. The molecule has 1 saturated heterocycles. The second-order valence-electron chi connectivity index (χ2n) is 3.64. The first-order valence-corrected chi connectivity index (χ1v) is 5.24. The van der Waals surface area contributed by atoms with Crippen LogP contribution in [-0.2, 0) is 9.53 Å². The maximum atomic E-state index is 11.3. The van der Waals surface area contributed by atoms with Crippen LogP contribution in [0.25, 0.3) is 0 Å². The Balaban J connectivity index is 2.20. The molecule has 1 aromatic rings. The minimum absolute atomic E-state index is 0.580. The molecule has 2 heterocycles. The average molecular weight is 222 g/mol. The summed E-state index contributed by atoms with van der Waals surface area (Å²) >= 11 is 0. The van der Waals surface area contributed by atoms with Gasteiger partial charge in [-0.15, -0.1) is 0 Å². The lowest BCUT2D eigenvalue weighted by Gasteiger charge is -2.31. The Morgan fingerprint density at radius 1 is 1.44 bits per heavy atom.